The average molecular weight is 393 g/mol. The van der Waals surface area contributed by atoms with Crippen LogP contribution < -0.4 is 0 Å². The van der Waals surface area contributed by atoms with Gasteiger partial charge in [-0.25, -0.2) is 0 Å². The first-order valence-electron chi connectivity index (χ1n) is 11.2. The maximum absolute atomic E-state index is 13.7. The van der Waals surface area contributed by atoms with Gasteiger partial charge in [0.15, 0.2) is 0 Å². The number of fused-ring (bicyclic) bond motifs is 1. The molecule has 29 heavy (non-hydrogen) atoms. The molecule has 5 rings (SSSR count). The van der Waals surface area contributed by atoms with Crippen LogP contribution in [0.1, 0.15) is 72.1 Å². The second kappa shape index (κ2) is 7.60. The highest BCUT2D eigenvalue weighted by molar-refractivity contribution is 5.93. The lowest BCUT2D eigenvalue weighted by atomic mass is 9.87. The molecule has 1 aromatic carbocycles. The molecule has 1 aliphatic carbocycles. The highest BCUT2D eigenvalue weighted by Gasteiger charge is 2.47. The summed E-state index contributed by atoms with van der Waals surface area (Å²) in [5, 5.41) is 4.65. The highest BCUT2D eigenvalue weighted by Crippen LogP contribution is 2.41. The SMILES string of the molecule is CN1CCCCC[C@@H]2[C@@H]1[C@H](c1ccccc1)CN2C(=O)c1cc(C2CC2)nn1C. The normalized spacial score (nSPS) is 28.1. The van der Waals surface area contributed by atoms with E-state index in [9.17, 15) is 4.79 Å². The Labute approximate surface area is 173 Å². The molecule has 2 aliphatic heterocycles. The van der Waals surface area contributed by atoms with Crippen LogP contribution in [0.25, 0.3) is 0 Å². The molecule has 3 fully saturated rings. The van der Waals surface area contributed by atoms with E-state index in [0.29, 0.717) is 17.9 Å². The van der Waals surface area contributed by atoms with Crippen molar-refractivity contribution < 1.29 is 4.79 Å². The summed E-state index contributed by atoms with van der Waals surface area (Å²) >= 11 is 0. The Kier molecular flexibility index (Phi) is 4.94. The van der Waals surface area contributed by atoms with Crippen molar-refractivity contribution in [2.75, 3.05) is 20.1 Å². The highest BCUT2D eigenvalue weighted by atomic mass is 16.2. The number of likely N-dealkylation sites (N-methyl/N-ethyl adjacent to an activating group) is 1. The molecule has 2 saturated heterocycles. The van der Waals surface area contributed by atoms with E-state index in [2.05, 4.69) is 58.3 Å². The fraction of sp³-hybridized carbons (Fsp3) is 0.583. The Morgan fingerprint density at radius 2 is 1.83 bits per heavy atom. The predicted molar refractivity (Wildman–Crippen MR) is 114 cm³/mol. The van der Waals surface area contributed by atoms with E-state index in [1.807, 2.05) is 11.7 Å². The van der Waals surface area contributed by atoms with Gasteiger partial charge in [-0.15, -0.1) is 0 Å². The standard InChI is InChI=1S/C24H32N4O/c1-26-14-8-4-7-11-21-23(26)19(17-9-5-3-6-10-17)16-28(21)24(29)22-15-20(18-12-13-18)25-27(22)2/h3,5-6,9-10,15,18-19,21,23H,4,7-8,11-14,16H2,1-2H3/t19-,21+,23-/m0/s1. The molecule has 5 nitrogen and oxygen atoms in total. The topological polar surface area (TPSA) is 41.4 Å². The van der Waals surface area contributed by atoms with E-state index < -0.39 is 0 Å². The van der Waals surface area contributed by atoms with Crippen LogP contribution >= 0.6 is 0 Å². The number of hydrogen-bond acceptors (Lipinski definition) is 3. The lowest BCUT2D eigenvalue weighted by Gasteiger charge is -2.36. The number of likely N-dealkylation sites (tertiary alicyclic amines) is 2. The molecule has 3 aliphatic rings. The van der Waals surface area contributed by atoms with E-state index >= 15 is 0 Å². The summed E-state index contributed by atoms with van der Waals surface area (Å²) < 4.78 is 1.81. The number of carbonyl (C=O) groups is 1. The van der Waals surface area contributed by atoms with Gasteiger partial charge >= 0.3 is 0 Å². The van der Waals surface area contributed by atoms with Gasteiger partial charge in [0.1, 0.15) is 5.69 Å². The van der Waals surface area contributed by atoms with Crippen LogP contribution in [0, 0.1) is 0 Å². The molecule has 154 valence electrons. The van der Waals surface area contributed by atoms with Crippen LogP contribution in [0.2, 0.25) is 0 Å². The second-order valence-electron chi connectivity index (χ2n) is 9.21. The molecule has 3 atom stereocenters. The average Bonchev–Trinajstić information content (AvgIpc) is 3.40. The van der Waals surface area contributed by atoms with Crippen LogP contribution in [-0.2, 0) is 7.05 Å². The Balaban J connectivity index is 1.49. The molecule has 0 unspecified atom stereocenters. The van der Waals surface area contributed by atoms with E-state index in [1.165, 1.54) is 37.7 Å². The molecule has 0 N–H and O–H groups in total. The van der Waals surface area contributed by atoms with Gasteiger partial charge in [0, 0.05) is 37.5 Å². The molecule has 0 spiro atoms. The monoisotopic (exact) mass is 392 g/mol. The van der Waals surface area contributed by atoms with Gasteiger partial charge in [0.05, 0.1) is 5.69 Å². The lowest BCUT2D eigenvalue weighted by Crippen LogP contribution is -2.48. The Hall–Kier alpha value is -2.14. The maximum atomic E-state index is 13.7. The molecule has 0 radical (unpaired) electrons. The summed E-state index contributed by atoms with van der Waals surface area (Å²) in [6.07, 6.45) is 7.22. The van der Waals surface area contributed by atoms with Gasteiger partial charge in [-0.3, -0.25) is 9.48 Å². The minimum Gasteiger partial charge on any atom is -0.332 e. The van der Waals surface area contributed by atoms with Crippen molar-refractivity contribution in [3.8, 4) is 0 Å². The minimum absolute atomic E-state index is 0.161. The summed E-state index contributed by atoms with van der Waals surface area (Å²) in [5.41, 5.74) is 3.21. The fourth-order valence-corrected chi connectivity index (χ4v) is 5.53. The van der Waals surface area contributed by atoms with Gasteiger partial charge in [0.25, 0.3) is 5.91 Å². The van der Waals surface area contributed by atoms with Crippen molar-refractivity contribution in [2.24, 2.45) is 7.05 Å². The Bertz CT molecular complexity index is 872. The Morgan fingerprint density at radius 3 is 2.59 bits per heavy atom. The zero-order chi connectivity index (χ0) is 20.0. The van der Waals surface area contributed by atoms with Crippen LogP contribution in [0.3, 0.4) is 0 Å². The number of aromatic nitrogens is 2. The summed E-state index contributed by atoms with van der Waals surface area (Å²) in [5.74, 6) is 1.09. The molecule has 1 saturated carbocycles. The van der Waals surface area contributed by atoms with Crippen molar-refractivity contribution in [1.29, 1.82) is 0 Å². The number of amides is 1. The van der Waals surface area contributed by atoms with E-state index in [0.717, 1.165) is 30.9 Å². The van der Waals surface area contributed by atoms with Gasteiger partial charge in [-0.2, -0.15) is 5.10 Å². The molecular weight excluding hydrogens is 360 g/mol. The number of carbonyl (C=O) groups excluding carboxylic acids is 1. The van der Waals surface area contributed by atoms with Gasteiger partial charge in [-0.05, 0) is 50.9 Å². The number of hydrogen-bond donors (Lipinski definition) is 0. The van der Waals surface area contributed by atoms with Crippen molar-refractivity contribution in [1.82, 2.24) is 19.6 Å². The van der Waals surface area contributed by atoms with E-state index in [4.69, 9.17) is 0 Å². The smallest absolute Gasteiger partial charge is 0.272 e. The van der Waals surface area contributed by atoms with Crippen LogP contribution in [0.5, 0.6) is 0 Å². The molecule has 3 heterocycles. The van der Waals surface area contributed by atoms with E-state index in [-0.39, 0.29) is 11.9 Å². The zero-order valence-corrected chi connectivity index (χ0v) is 17.6. The second-order valence-corrected chi connectivity index (χ2v) is 9.21. The third-order valence-electron chi connectivity index (χ3n) is 7.22. The number of aryl methyl sites for hydroxylation is 1. The first-order chi connectivity index (χ1) is 14.1. The number of benzene rings is 1. The molecule has 2 aromatic rings. The van der Waals surface area contributed by atoms with Crippen molar-refractivity contribution in [3.63, 3.8) is 0 Å². The minimum atomic E-state index is 0.161. The van der Waals surface area contributed by atoms with Gasteiger partial charge in [0.2, 0.25) is 0 Å². The summed E-state index contributed by atoms with van der Waals surface area (Å²) in [6.45, 7) is 1.91. The summed E-state index contributed by atoms with van der Waals surface area (Å²) in [6, 6.07) is 13.5. The summed E-state index contributed by atoms with van der Waals surface area (Å²) in [7, 11) is 4.17. The van der Waals surface area contributed by atoms with Crippen molar-refractivity contribution >= 4 is 5.91 Å². The number of nitrogens with zero attached hydrogens (tertiary/aromatic N) is 4. The predicted octanol–water partition coefficient (Wildman–Crippen LogP) is 3.78. The zero-order valence-electron chi connectivity index (χ0n) is 17.6. The molecule has 1 aromatic heterocycles. The third kappa shape index (κ3) is 3.50. The quantitative estimate of drug-likeness (QED) is 0.798. The molecule has 0 bridgehead atoms. The maximum Gasteiger partial charge on any atom is 0.272 e. The van der Waals surface area contributed by atoms with Gasteiger partial charge < -0.3 is 9.80 Å². The van der Waals surface area contributed by atoms with Crippen LogP contribution in [-0.4, -0.2) is 57.7 Å². The molecular formula is C24H32N4O. The Morgan fingerprint density at radius 1 is 1.03 bits per heavy atom. The number of rotatable bonds is 3. The first-order valence-corrected chi connectivity index (χ1v) is 11.2. The third-order valence-corrected chi connectivity index (χ3v) is 7.22. The van der Waals surface area contributed by atoms with Crippen molar-refractivity contribution in [3.05, 3.63) is 53.3 Å². The first kappa shape index (κ1) is 18.9. The molecule has 5 heteroatoms. The van der Waals surface area contributed by atoms with Crippen LogP contribution in [0.15, 0.2) is 36.4 Å². The van der Waals surface area contributed by atoms with E-state index in [1.54, 1.807) is 0 Å². The summed E-state index contributed by atoms with van der Waals surface area (Å²) in [4.78, 5) is 18.4. The van der Waals surface area contributed by atoms with Crippen molar-refractivity contribution in [2.45, 2.75) is 62.4 Å². The lowest BCUT2D eigenvalue weighted by molar-refractivity contribution is 0.0658. The fourth-order valence-electron chi connectivity index (χ4n) is 5.53. The largest absolute Gasteiger partial charge is 0.332 e. The van der Waals surface area contributed by atoms with Gasteiger partial charge in [-0.1, -0.05) is 43.2 Å². The van der Waals surface area contributed by atoms with Crippen LogP contribution in [0.4, 0.5) is 0 Å². The molecule has 1 amide bonds.